The van der Waals surface area contributed by atoms with E-state index in [1.54, 1.807) is 12.1 Å². The van der Waals surface area contributed by atoms with Gasteiger partial charge in [-0.25, -0.2) is 4.98 Å². The minimum absolute atomic E-state index is 0.0342. The van der Waals surface area contributed by atoms with Gasteiger partial charge in [-0.2, -0.15) is 9.65 Å². The van der Waals surface area contributed by atoms with Crippen molar-refractivity contribution >= 4 is 45.5 Å². The number of anilines is 2. The summed E-state index contributed by atoms with van der Waals surface area (Å²) in [6, 6.07) is 18.4. The van der Waals surface area contributed by atoms with Gasteiger partial charge in [0.1, 0.15) is 11.2 Å². The lowest BCUT2D eigenvalue weighted by molar-refractivity contribution is 0.260. The molecule has 0 bridgehead atoms. The summed E-state index contributed by atoms with van der Waals surface area (Å²) in [5, 5.41) is 20.2. The Morgan fingerprint density at radius 2 is 1.95 bits per heavy atom. The van der Waals surface area contributed by atoms with Crippen molar-refractivity contribution in [3.8, 4) is 18.4 Å². The Balaban J connectivity index is 1.42. The van der Waals surface area contributed by atoms with Gasteiger partial charge in [0, 0.05) is 41.5 Å². The van der Waals surface area contributed by atoms with Gasteiger partial charge in [0.25, 0.3) is 0 Å². The smallest absolute Gasteiger partial charge is 0.214 e. The van der Waals surface area contributed by atoms with Gasteiger partial charge in [-0.15, -0.1) is 17.9 Å². The van der Waals surface area contributed by atoms with Gasteiger partial charge in [0.15, 0.2) is 0 Å². The van der Waals surface area contributed by atoms with Gasteiger partial charge in [0.2, 0.25) is 5.95 Å². The van der Waals surface area contributed by atoms with Crippen LogP contribution in [0.25, 0.3) is 10.9 Å². The van der Waals surface area contributed by atoms with Gasteiger partial charge < -0.3 is 16.1 Å². The van der Waals surface area contributed by atoms with Crippen LogP contribution in [0.1, 0.15) is 54.5 Å². The number of nitrogens with one attached hydrogen (secondary N) is 4. The molecule has 2 aliphatic rings. The molecule has 0 unspecified atom stereocenters. The molecule has 0 spiro atoms. The molecule has 1 aliphatic heterocycles. The second-order valence-electron chi connectivity index (χ2n) is 10.4. The van der Waals surface area contributed by atoms with Crippen LogP contribution in [-0.2, 0) is 0 Å². The van der Waals surface area contributed by atoms with Crippen LogP contribution in [0, 0.1) is 29.6 Å². The number of pyridine rings is 2. The highest BCUT2D eigenvalue weighted by Crippen LogP contribution is 2.39. The maximum absolute atomic E-state index is 13.9. The van der Waals surface area contributed by atoms with Gasteiger partial charge in [-0.3, -0.25) is 9.99 Å². The van der Waals surface area contributed by atoms with E-state index in [2.05, 4.69) is 43.6 Å². The fourth-order valence-electron chi connectivity index (χ4n) is 5.16. The molecule has 1 saturated carbocycles. The molecule has 2 aromatic heterocycles. The average molecular weight is 614 g/mol. The van der Waals surface area contributed by atoms with E-state index >= 15 is 0 Å². The molecule has 3 heterocycles. The number of terminal acetylenes is 1. The first-order chi connectivity index (χ1) is 20.9. The van der Waals surface area contributed by atoms with E-state index < -0.39 is 12.0 Å². The Kier molecular flexibility index (Phi) is 8.22. The first-order valence-corrected chi connectivity index (χ1v) is 14.6. The molecule has 0 amide bonds. The highest BCUT2D eigenvalue weighted by molar-refractivity contribution is 6.36. The van der Waals surface area contributed by atoms with Crippen LogP contribution in [-0.4, -0.2) is 21.0 Å². The predicted molar refractivity (Wildman–Crippen MR) is 167 cm³/mol. The van der Waals surface area contributed by atoms with Gasteiger partial charge in [-0.05, 0) is 49.1 Å². The molecule has 216 valence electrons. The van der Waals surface area contributed by atoms with Crippen LogP contribution in [0.5, 0.6) is 0 Å². The second kappa shape index (κ2) is 12.4. The summed E-state index contributed by atoms with van der Waals surface area (Å²) in [5.74, 6) is 2.05. The van der Waals surface area contributed by atoms with Crippen LogP contribution in [0.4, 0.5) is 15.8 Å². The Hall–Kier alpha value is -4.54. The zero-order valence-corrected chi connectivity index (χ0v) is 24.4. The normalized spacial score (nSPS) is 15.7. The molecule has 43 heavy (non-hydrogen) atoms. The van der Waals surface area contributed by atoms with Crippen molar-refractivity contribution in [3.05, 3.63) is 106 Å². The average Bonchev–Trinajstić information content (AvgIpc) is 3.75. The minimum atomic E-state index is -0.670. The monoisotopic (exact) mass is 612 g/mol. The van der Waals surface area contributed by atoms with Crippen LogP contribution in [0.3, 0.4) is 0 Å². The topological polar surface area (TPSA) is 101 Å². The quantitative estimate of drug-likeness (QED) is 0.112. The first kappa shape index (κ1) is 28.6. The SMILES string of the molecule is C#CCC[C@@H](Nc1c(C#N)cnc2c(Cl)cc(N[C@@H](C3=CN(C4CC4)NN3)c3ccc(F)nc3Cl)cc12)c1ccccc1. The molecule has 1 fully saturated rings. The molecule has 0 radical (unpaired) electrons. The summed E-state index contributed by atoms with van der Waals surface area (Å²) in [4.78, 5) is 8.34. The molecule has 4 aromatic rings. The Bertz CT molecular complexity index is 1780. The highest BCUT2D eigenvalue weighted by atomic mass is 35.5. The van der Waals surface area contributed by atoms with E-state index in [0.717, 1.165) is 24.1 Å². The molecule has 1 aliphatic carbocycles. The zero-order valence-electron chi connectivity index (χ0n) is 22.9. The van der Waals surface area contributed by atoms with Crippen molar-refractivity contribution in [2.75, 3.05) is 10.6 Å². The summed E-state index contributed by atoms with van der Waals surface area (Å²) in [5.41, 5.74) is 10.9. The molecule has 11 heteroatoms. The molecule has 4 N–H and O–H groups in total. The van der Waals surface area contributed by atoms with Crippen molar-refractivity contribution < 1.29 is 4.39 Å². The number of aromatic nitrogens is 2. The van der Waals surface area contributed by atoms with Crippen molar-refractivity contribution in [1.29, 1.82) is 5.26 Å². The van der Waals surface area contributed by atoms with Crippen LogP contribution < -0.4 is 21.6 Å². The Morgan fingerprint density at radius 1 is 1.14 bits per heavy atom. The number of fused-ring (bicyclic) bond motifs is 1. The number of halogens is 3. The van der Waals surface area contributed by atoms with E-state index in [1.807, 2.05) is 47.6 Å². The molecule has 6 rings (SSSR count). The summed E-state index contributed by atoms with van der Waals surface area (Å²) in [7, 11) is 0. The lowest BCUT2D eigenvalue weighted by Gasteiger charge is -2.24. The molecule has 0 saturated heterocycles. The fourth-order valence-corrected chi connectivity index (χ4v) is 5.68. The maximum atomic E-state index is 13.9. The van der Waals surface area contributed by atoms with Crippen molar-refractivity contribution in [2.24, 2.45) is 0 Å². The largest absolute Gasteiger partial charge is 0.377 e. The zero-order chi connectivity index (χ0) is 29.9. The lowest BCUT2D eigenvalue weighted by Crippen LogP contribution is -2.38. The number of nitriles is 1. The van der Waals surface area contributed by atoms with Crippen molar-refractivity contribution in [2.45, 2.75) is 43.8 Å². The molecule has 8 nitrogen and oxygen atoms in total. The summed E-state index contributed by atoms with van der Waals surface area (Å²) in [6.07, 6.45) is 12.5. The molecular formula is C32H27Cl2FN8. The Morgan fingerprint density at radius 3 is 2.67 bits per heavy atom. The molecule has 2 aromatic carbocycles. The number of hydrogen-bond acceptors (Lipinski definition) is 8. The van der Waals surface area contributed by atoms with E-state index in [1.165, 1.54) is 12.3 Å². The van der Waals surface area contributed by atoms with Crippen LogP contribution in [0.2, 0.25) is 10.2 Å². The fraction of sp³-hybridized carbons (Fsp3) is 0.219. The molecular weight excluding hydrogens is 586 g/mol. The second-order valence-corrected chi connectivity index (χ2v) is 11.2. The standard InChI is InChI=1S/C32H27Cl2FN8/c1-2-3-9-26(19-7-5-4-6-8-19)39-29-20(16-36)17-37-30-24(29)14-21(15-25(30)33)38-31(23-12-13-28(35)40-32(23)34)27-18-43(42-41-27)22-10-11-22/h1,4-8,12-15,17-18,22,26,31,38,41-42H,3,9-11H2,(H,37,39)/t26-,31-/m1/s1. The number of hydrogen-bond donors (Lipinski definition) is 4. The lowest BCUT2D eigenvalue weighted by atomic mass is 10.00. The third-order valence-electron chi connectivity index (χ3n) is 7.47. The van der Waals surface area contributed by atoms with Gasteiger partial charge >= 0.3 is 0 Å². The number of nitrogens with zero attached hydrogens (tertiary/aromatic N) is 4. The van der Waals surface area contributed by atoms with Crippen molar-refractivity contribution in [3.63, 3.8) is 0 Å². The maximum Gasteiger partial charge on any atom is 0.214 e. The predicted octanol–water partition coefficient (Wildman–Crippen LogP) is 7.00. The summed E-state index contributed by atoms with van der Waals surface area (Å²) < 4.78 is 13.9. The third kappa shape index (κ3) is 6.16. The summed E-state index contributed by atoms with van der Waals surface area (Å²) in [6.45, 7) is 0. The van der Waals surface area contributed by atoms with Gasteiger partial charge in [0.05, 0.1) is 39.6 Å². The Labute approximate surface area is 258 Å². The van der Waals surface area contributed by atoms with Crippen LogP contribution >= 0.6 is 23.2 Å². The number of rotatable bonds is 10. The van der Waals surface area contributed by atoms with Crippen LogP contribution in [0.15, 0.2) is 72.7 Å². The minimum Gasteiger partial charge on any atom is -0.377 e. The van der Waals surface area contributed by atoms with E-state index in [4.69, 9.17) is 29.6 Å². The third-order valence-corrected chi connectivity index (χ3v) is 8.06. The number of benzene rings is 2. The highest BCUT2D eigenvalue weighted by Gasteiger charge is 2.33. The first-order valence-electron chi connectivity index (χ1n) is 13.8. The van der Waals surface area contributed by atoms with E-state index in [9.17, 15) is 9.65 Å². The van der Waals surface area contributed by atoms with E-state index in [-0.39, 0.29) is 11.2 Å². The summed E-state index contributed by atoms with van der Waals surface area (Å²) >= 11 is 13.3. The molecule has 2 atom stereocenters. The number of hydrazine groups is 2. The van der Waals surface area contributed by atoms with E-state index in [0.29, 0.717) is 57.3 Å². The van der Waals surface area contributed by atoms with Gasteiger partial charge in [-0.1, -0.05) is 53.5 Å². The van der Waals surface area contributed by atoms with Crippen molar-refractivity contribution in [1.82, 2.24) is 25.9 Å².